The van der Waals surface area contributed by atoms with Crippen molar-refractivity contribution in [1.82, 2.24) is 4.90 Å². The summed E-state index contributed by atoms with van der Waals surface area (Å²) < 4.78 is 0. The summed E-state index contributed by atoms with van der Waals surface area (Å²) in [5, 5.41) is 26.4. The van der Waals surface area contributed by atoms with Crippen molar-refractivity contribution in [1.29, 1.82) is 0 Å². The third-order valence-electron chi connectivity index (χ3n) is 2.09. The van der Waals surface area contributed by atoms with Gasteiger partial charge in [-0.25, -0.2) is 9.59 Å². The van der Waals surface area contributed by atoms with Gasteiger partial charge in [0, 0.05) is 0 Å². The van der Waals surface area contributed by atoms with Gasteiger partial charge in [0.05, 0.1) is 12.6 Å². The smallest absolute Gasteiger partial charge is 0.408 e. The van der Waals surface area contributed by atoms with Crippen LogP contribution >= 0.6 is 0 Å². The molecule has 0 bridgehead atoms. The van der Waals surface area contributed by atoms with E-state index in [1.54, 1.807) is 0 Å². The minimum atomic E-state index is -1.30. The van der Waals surface area contributed by atoms with Gasteiger partial charge in [-0.2, -0.15) is 0 Å². The molecule has 1 unspecified atom stereocenters. The fourth-order valence-corrected chi connectivity index (χ4v) is 1.42. The number of carboxylic acids is 1. The molecule has 0 aliphatic carbocycles. The van der Waals surface area contributed by atoms with Gasteiger partial charge in [-0.05, 0) is 12.8 Å². The normalized spacial score (nSPS) is 28.5. The summed E-state index contributed by atoms with van der Waals surface area (Å²) in [4.78, 5) is 21.9. The fraction of sp³-hybridized carbons (Fsp3) is 0.714. The highest BCUT2D eigenvalue weighted by atomic mass is 16.4. The van der Waals surface area contributed by atoms with Crippen molar-refractivity contribution in [2.45, 2.75) is 25.0 Å². The Bertz CT molecular complexity index is 229. The Kier molecular flexibility index (Phi) is 2.72. The average molecular weight is 189 g/mol. The zero-order chi connectivity index (χ0) is 10.0. The number of likely N-dealkylation sites (tertiary alicyclic amines) is 1. The summed E-state index contributed by atoms with van der Waals surface area (Å²) in [6.07, 6.45) is -1.54. The molecule has 3 N–H and O–H groups in total. The number of nitrogens with zero attached hydrogens (tertiary/aromatic N) is 1. The number of aliphatic hydroxyl groups is 1. The standard InChI is InChI=1S/C7H11NO5/c9-4-1-2-5(6(10)11)8(3-4)7(12)13/h4-5,9H,1-3H2,(H,10,11)(H,12,13)/t4?,5-/m1/s1. The molecular formula is C7H11NO5. The first-order chi connectivity index (χ1) is 6.02. The van der Waals surface area contributed by atoms with Crippen molar-refractivity contribution in [2.24, 2.45) is 0 Å². The minimum Gasteiger partial charge on any atom is -0.480 e. The topological polar surface area (TPSA) is 98.1 Å². The van der Waals surface area contributed by atoms with Crippen molar-refractivity contribution in [3.8, 4) is 0 Å². The Hall–Kier alpha value is -1.30. The number of hydrogen-bond donors (Lipinski definition) is 3. The molecule has 2 atom stereocenters. The second-order valence-electron chi connectivity index (χ2n) is 3.02. The molecule has 6 nitrogen and oxygen atoms in total. The number of rotatable bonds is 1. The van der Waals surface area contributed by atoms with E-state index in [9.17, 15) is 9.59 Å². The summed E-state index contributed by atoms with van der Waals surface area (Å²) in [5.41, 5.74) is 0. The molecule has 0 aromatic rings. The van der Waals surface area contributed by atoms with Gasteiger partial charge in [0.25, 0.3) is 0 Å². The Morgan fingerprint density at radius 3 is 2.31 bits per heavy atom. The molecule has 0 spiro atoms. The van der Waals surface area contributed by atoms with E-state index in [-0.39, 0.29) is 13.0 Å². The average Bonchev–Trinajstić information content (AvgIpc) is 2.03. The fourth-order valence-electron chi connectivity index (χ4n) is 1.42. The molecule has 74 valence electrons. The van der Waals surface area contributed by atoms with Crippen molar-refractivity contribution in [3.63, 3.8) is 0 Å². The molecule has 1 amide bonds. The summed E-state index contributed by atoms with van der Waals surface area (Å²) in [6.45, 7) is -0.119. The highest BCUT2D eigenvalue weighted by Gasteiger charge is 2.35. The lowest BCUT2D eigenvalue weighted by molar-refractivity contribution is -0.144. The molecule has 13 heavy (non-hydrogen) atoms. The van der Waals surface area contributed by atoms with E-state index in [0.29, 0.717) is 6.42 Å². The first-order valence-electron chi connectivity index (χ1n) is 3.93. The zero-order valence-corrected chi connectivity index (χ0v) is 6.88. The maximum absolute atomic E-state index is 10.6. The van der Waals surface area contributed by atoms with Crippen LogP contribution in [0.25, 0.3) is 0 Å². The molecule has 1 fully saturated rings. The van der Waals surface area contributed by atoms with Gasteiger partial charge >= 0.3 is 12.1 Å². The van der Waals surface area contributed by atoms with E-state index in [1.807, 2.05) is 0 Å². The highest BCUT2D eigenvalue weighted by Crippen LogP contribution is 2.17. The summed E-state index contributed by atoms with van der Waals surface area (Å²) in [5.74, 6) is -1.16. The highest BCUT2D eigenvalue weighted by molar-refractivity contribution is 5.79. The third-order valence-corrected chi connectivity index (χ3v) is 2.09. The van der Waals surface area contributed by atoms with Crippen molar-refractivity contribution in [3.05, 3.63) is 0 Å². The van der Waals surface area contributed by atoms with Crippen LogP contribution in [0.15, 0.2) is 0 Å². The third kappa shape index (κ3) is 2.09. The number of amides is 1. The van der Waals surface area contributed by atoms with Gasteiger partial charge in [0.15, 0.2) is 0 Å². The van der Waals surface area contributed by atoms with E-state index < -0.39 is 24.2 Å². The molecule has 1 saturated heterocycles. The lowest BCUT2D eigenvalue weighted by Crippen LogP contribution is -2.51. The number of piperidine rings is 1. The van der Waals surface area contributed by atoms with Crippen LogP contribution in [-0.4, -0.2) is 51.0 Å². The van der Waals surface area contributed by atoms with Crippen LogP contribution in [0.2, 0.25) is 0 Å². The second-order valence-corrected chi connectivity index (χ2v) is 3.02. The molecule has 0 aromatic heterocycles. The number of carbonyl (C=O) groups is 2. The molecule has 0 radical (unpaired) electrons. The summed E-state index contributed by atoms with van der Waals surface area (Å²) in [6, 6.07) is -1.01. The number of aliphatic carboxylic acids is 1. The first-order valence-corrected chi connectivity index (χ1v) is 3.93. The van der Waals surface area contributed by atoms with Gasteiger partial charge < -0.3 is 15.3 Å². The Morgan fingerprint density at radius 2 is 1.85 bits per heavy atom. The van der Waals surface area contributed by atoms with Crippen molar-refractivity contribution < 1.29 is 24.9 Å². The number of carboxylic acid groups (broad SMARTS) is 2. The summed E-state index contributed by atoms with van der Waals surface area (Å²) in [7, 11) is 0. The molecule has 0 aromatic carbocycles. The molecule has 1 aliphatic rings. The Balaban J connectivity index is 2.72. The monoisotopic (exact) mass is 189 g/mol. The second kappa shape index (κ2) is 3.61. The molecule has 0 saturated carbocycles. The lowest BCUT2D eigenvalue weighted by Gasteiger charge is -2.33. The summed E-state index contributed by atoms with van der Waals surface area (Å²) >= 11 is 0. The molecule has 1 rings (SSSR count). The van der Waals surface area contributed by atoms with E-state index in [1.165, 1.54) is 0 Å². The van der Waals surface area contributed by atoms with Crippen LogP contribution in [0.3, 0.4) is 0 Å². The molecule has 1 heterocycles. The molecular weight excluding hydrogens is 178 g/mol. The zero-order valence-electron chi connectivity index (χ0n) is 6.88. The predicted molar refractivity (Wildman–Crippen MR) is 41.4 cm³/mol. The van der Waals surface area contributed by atoms with Gasteiger partial charge in [-0.3, -0.25) is 4.90 Å². The Labute approximate surface area is 74.4 Å². The van der Waals surface area contributed by atoms with Gasteiger partial charge in [-0.1, -0.05) is 0 Å². The van der Waals surface area contributed by atoms with Gasteiger partial charge in [0.2, 0.25) is 0 Å². The SMILES string of the molecule is O=C(O)[C@H]1CCC(O)CN1C(=O)O. The van der Waals surface area contributed by atoms with Crippen LogP contribution in [0.1, 0.15) is 12.8 Å². The van der Waals surface area contributed by atoms with E-state index in [0.717, 1.165) is 4.90 Å². The number of aliphatic hydroxyl groups excluding tert-OH is 1. The minimum absolute atomic E-state index is 0.119. The predicted octanol–water partition coefficient (Wildman–Crippen LogP) is -0.426. The number of β-amino-alcohol motifs (C(OH)–C–C–N with tert-alkyl or cyclic N) is 1. The molecule has 6 heteroatoms. The van der Waals surface area contributed by atoms with Crippen molar-refractivity contribution >= 4 is 12.1 Å². The van der Waals surface area contributed by atoms with Crippen molar-refractivity contribution in [2.75, 3.05) is 6.54 Å². The van der Waals surface area contributed by atoms with Gasteiger partial charge in [0.1, 0.15) is 6.04 Å². The first kappa shape index (κ1) is 9.79. The van der Waals surface area contributed by atoms with E-state index in [2.05, 4.69) is 0 Å². The lowest BCUT2D eigenvalue weighted by atomic mass is 10.0. The van der Waals surface area contributed by atoms with Crippen LogP contribution in [-0.2, 0) is 4.79 Å². The quantitative estimate of drug-likeness (QED) is 0.520. The van der Waals surface area contributed by atoms with E-state index >= 15 is 0 Å². The van der Waals surface area contributed by atoms with Crippen LogP contribution in [0, 0.1) is 0 Å². The number of hydrogen-bond acceptors (Lipinski definition) is 3. The van der Waals surface area contributed by atoms with Crippen LogP contribution < -0.4 is 0 Å². The van der Waals surface area contributed by atoms with E-state index in [4.69, 9.17) is 15.3 Å². The Morgan fingerprint density at radius 1 is 1.23 bits per heavy atom. The van der Waals surface area contributed by atoms with Crippen LogP contribution in [0.4, 0.5) is 4.79 Å². The molecule has 1 aliphatic heterocycles. The van der Waals surface area contributed by atoms with Crippen LogP contribution in [0.5, 0.6) is 0 Å². The maximum atomic E-state index is 10.6. The largest absolute Gasteiger partial charge is 0.480 e. The van der Waals surface area contributed by atoms with Gasteiger partial charge in [-0.15, -0.1) is 0 Å². The maximum Gasteiger partial charge on any atom is 0.408 e.